The van der Waals surface area contributed by atoms with Crippen molar-refractivity contribution in [2.24, 2.45) is 0 Å². The summed E-state index contributed by atoms with van der Waals surface area (Å²) in [7, 11) is -4.70. The van der Waals surface area contributed by atoms with Crippen LogP contribution in [0.4, 0.5) is 17.1 Å². The summed E-state index contributed by atoms with van der Waals surface area (Å²) in [5.41, 5.74) is 0.336. The molecule has 14 heteroatoms. The summed E-state index contributed by atoms with van der Waals surface area (Å²) in [5, 5.41) is 21.8. The maximum atomic E-state index is 13.9. The topological polar surface area (TPSA) is 162 Å². The lowest BCUT2D eigenvalue weighted by Crippen LogP contribution is -2.27. The number of non-ortho nitro benzene ring substituents is 2. The van der Waals surface area contributed by atoms with E-state index in [1.807, 2.05) is 0 Å². The van der Waals surface area contributed by atoms with E-state index in [9.17, 15) is 33.6 Å². The van der Waals surface area contributed by atoms with Crippen LogP contribution in [0.1, 0.15) is 5.56 Å². The van der Waals surface area contributed by atoms with Gasteiger partial charge in [-0.05, 0) is 43.3 Å². The lowest BCUT2D eigenvalue weighted by atomic mass is 10.2. The van der Waals surface area contributed by atoms with Crippen LogP contribution in [0.2, 0.25) is 0 Å². The van der Waals surface area contributed by atoms with Gasteiger partial charge in [0.2, 0.25) is 0 Å². The van der Waals surface area contributed by atoms with Gasteiger partial charge >= 0.3 is 7.75 Å². The van der Waals surface area contributed by atoms with E-state index in [4.69, 9.17) is 9.05 Å². The van der Waals surface area contributed by atoms with E-state index in [1.54, 1.807) is 19.1 Å². The van der Waals surface area contributed by atoms with Gasteiger partial charge in [0.15, 0.2) is 0 Å². The molecule has 12 nitrogen and oxygen atoms in total. The van der Waals surface area contributed by atoms with Gasteiger partial charge in [-0.15, -0.1) is 0 Å². The van der Waals surface area contributed by atoms with Gasteiger partial charge in [0.05, 0.1) is 15.5 Å². The van der Waals surface area contributed by atoms with Crippen LogP contribution in [0.15, 0.2) is 72.8 Å². The summed E-state index contributed by atoms with van der Waals surface area (Å²) in [6, 6.07) is 15.0. The van der Waals surface area contributed by atoms with Crippen LogP contribution in [0, 0.1) is 27.2 Å². The zero-order valence-corrected chi connectivity index (χ0v) is 18.5. The van der Waals surface area contributed by atoms with Crippen molar-refractivity contribution in [3.05, 3.63) is 98.6 Å². The van der Waals surface area contributed by atoms with E-state index in [2.05, 4.69) is 0 Å². The van der Waals surface area contributed by atoms with Crippen molar-refractivity contribution in [1.29, 1.82) is 0 Å². The number of rotatable bonds is 9. The molecule has 1 N–H and O–H groups in total. The highest BCUT2D eigenvalue weighted by Crippen LogP contribution is 2.54. The third-order valence-corrected chi connectivity index (χ3v) is 7.25. The first-order valence-corrected chi connectivity index (χ1v) is 11.6. The van der Waals surface area contributed by atoms with Crippen LogP contribution >= 0.6 is 7.75 Å². The Morgan fingerprint density at radius 2 is 1.21 bits per heavy atom. The van der Waals surface area contributed by atoms with Crippen molar-refractivity contribution in [3.8, 4) is 11.5 Å². The highest BCUT2D eigenvalue weighted by atomic mass is 32.2. The number of benzene rings is 3. The molecule has 0 amide bonds. The Morgan fingerprint density at radius 1 is 0.818 bits per heavy atom. The maximum absolute atomic E-state index is 13.9. The molecule has 0 aliphatic rings. The molecule has 172 valence electrons. The fourth-order valence-corrected chi connectivity index (χ4v) is 5.17. The fraction of sp³-hybridized carbons (Fsp3) is 0.0526. The number of aryl methyl sites for hydroxylation is 1. The fourth-order valence-electron chi connectivity index (χ4n) is 2.61. The van der Waals surface area contributed by atoms with Gasteiger partial charge in [0, 0.05) is 24.3 Å². The highest BCUT2D eigenvalue weighted by Gasteiger charge is 2.42. The number of nitrogens with zero attached hydrogens (tertiary/aromatic N) is 3. The molecular formula is C19H16N3O9PS. The second-order valence-corrected chi connectivity index (χ2v) is 9.29. The van der Waals surface area contributed by atoms with Crippen molar-refractivity contribution in [2.75, 3.05) is 4.08 Å². The van der Waals surface area contributed by atoms with E-state index in [0.29, 0.717) is 4.08 Å². The first kappa shape index (κ1) is 23.9. The van der Waals surface area contributed by atoms with Crippen molar-refractivity contribution in [2.45, 2.75) is 6.92 Å². The largest absolute Gasteiger partial charge is 0.558 e. The predicted octanol–water partition coefficient (Wildman–Crippen LogP) is 5.02. The Hall–Kier alpha value is -3.80. The Bertz CT molecular complexity index is 1170. The molecule has 0 aliphatic heterocycles. The molecule has 0 saturated carbocycles. The van der Waals surface area contributed by atoms with Gasteiger partial charge in [-0.3, -0.25) is 24.8 Å². The van der Waals surface area contributed by atoms with Crippen LogP contribution in [-0.2, 0) is 15.8 Å². The molecule has 0 bridgehead atoms. The van der Waals surface area contributed by atoms with Gasteiger partial charge in [-0.25, -0.2) is 8.77 Å². The number of nitro groups is 2. The van der Waals surface area contributed by atoms with Crippen LogP contribution in [0.25, 0.3) is 0 Å². The quantitative estimate of drug-likeness (QED) is 0.187. The minimum absolute atomic E-state index is 0.0218. The third-order valence-electron chi connectivity index (χ3n) is 4.16. The van der Waals surface area contributed by atoms with Gasteiger partial charge < -0.3 is 9.05 Å². The van der Waals surface area contributed by atoms with Crippen LogP contribution in [0.3, 0.4) is 0 Å². The van der Waals surface area contributed by atoms with E-state index in [1.165, 1.54) is 12.1 Å². The summed E-state index contributed by atoms with van der Waals surface area (Å²) >= 11 is -2.90. The molecule has 0 heterocycles. The Labute approximate surface area is 189 Å². The molecule has 0 spiro atoms. The van der Waals surface area contributed by atoms with Crippen molar-refractivity contribution in [3.63, 3.8) is 0 Å². The Kier molecular flexibility index (Phi) is 7.07. The average molecular weight is 493 g/mol. The smallest absolute Gasteiger partial charge is 0.400 e. The second kappa shape index (κ2) is 9.77. The van der Waals surface area contributed by atoms with Crippen molar-refractivity contribution >= 4 is 36.1 Å². The molecule has 1 atom stereocenters. The molecule has 33 heavy (non-hydrogen) atoms. The maximum Gasteiger partial charge on any atom is 0.558 e. The monoisotopic (exact) mass is 493 g/mol. The highest BCUT2D eigenvalue weighted by molar-refractivity contribution is 7.90. The summed E-state index contributed by atoms with van der Waals surface area (Å²) in [4.78, 5) is 20.5. The Balaban J connectivity index is 2.05. The molecule has 3 aromatic rings. The molecule has 3 rings (SSSR count). The molecular weight excluding hydrogens is 477 g/mol. The SMILES string of the molecule is Cc1ccc(N(S(=O)O)P(=O)(Oc2ccc([N+](=O)[O-])cc2)Oc2ccc([N+](=O)[O-])cc2)cc1. The number of hydrogen-bond acceptors (Lipinski definition) is 8. The number of anilines is 1. The number of nitro benzene ring substituents is 2. The summed E-state index contributed by atoms with van der Waals surface area (Å²) in [6.45, 7) is 1.78. The van der Waals surface area contributed by atoms with E-state index < -0.39 is 28.9 Å². The minimum Gasteiger partial charge on any atom is -0.400 e. The minimum atomic E-state index is -4.70. The summed E-state index contributed by atoms with van der Waals surface area (Å²) < 4.78 is 47.5. The lowest BCUT2D eigenvalue weighted by molar-refractivity contribution is -0.385. The lowest BCUT2D eigenvalue weighted by Gasteiger charge is -2.28. The first-order valence-electron chi connectivity index (χ1n) is 9.05. The molecule has 3 aromatic carbocycles. The van der Waals surface area contributed by atoms with E-state index in [0.717, 1.165) is 54.1 Å². The summed E-state index contributed by atoms with van der Waals surface area (Å²) in [6.07, 6.45) is 0. The molecule has 0 radical (unpaired) electrons. The first-order chi connectivity index (χ1) is 15.6. The van der Waals surface area contributed by atoms with Crippen LogP contribution in [0.5, 0.6) is 11.5 Å². The van der Waals surface area contributed by atoms with Crippen molar-refractivity contribution < 1.29 is 32.2 Å². The number of hydrogen-bond donors (Lipinski definition) is 1. The molecule has 0 aliphatic carbocycles. The van der Waals surface area contributed by atoms with Crippen LogP contribution < -0.4 is 13.1 Å². The normalized spacial score (nSPS) is 11.9. The van der Waals surface area contributed by atoms with E-state index >= 15 is 0 Å². The summed E-state index contributed by atoms with van der Waals surface area (Å²) in [5.74, 6) is -0.290. The van der Waals surface area contributed by atoms with Gasteiger partial charge in [-0.1, -0.05) is 17.7 Å². The molecule has 0 saturated heterocycles. The van der Waals surface area contributed by atoms with E-state index in [-0.39, 0.29) is 28.6 Å². The van der Waals surface area contributed by atoms with Crippen LogP contribution in [-0.4, -0.2) is 18.6 Å². The van der Waals surface area contributed by atoms with Gasteiger partial charge in [0.25, 0.3) is 22.6 Å². The second-order valence-electron chi connectivity index (χ2n) is 6.49. The van der Waals surface area contributed by atoms with Gasteiger partial charge in [-0.2, -0.15) is 4.08 Å². The van der Waals surface area contributed by atoms with Gasteiger partial charge in [0.1, 0.15) is 11.5 Å². The third kappa shape index (κ3) is 5.71. The average Bonchev–Trinajstić information content (AvgIpc) is 2.75. The zero-order valence-electron chi connectivity index (χ0n) is 16.8. The predicted molar refractivity (Wildman–Crippen MR) is 119 cm³/mol. The molecule has 0 fully saturated rings. The van der Waals surface area contributed by atoms with Crippen molar-refractivity contribution in [1.82, 2.24) is 0 Å². The molecule has 1 unspecified atom stereocenters. The molecule has 0 aromatic heterocycles. The Morgan fingerprint density at radius 3 is 1.55 bits per heavy atom. The standard InChI is InChI=1S/C19H16N3O9PS/c1-14-2-4-17(5-3-14)22(33(28)29)32(27,30-18-10-6-15(7-11-18)20(23)24)31-19-12-8-16(9-13-19)21(25)26/h2-13H,1H3,(H,28,29). The zero-order chi connectivity index (χ0) is 24.2.